The lowest BCUT2D eigenvalue weighted by Crippen LogP contribution is -2.38. The highest BCUT2D eigenvalue weighted by Crippen LogP contribution is 2.17. The Balaban J connectivity index is 0.00000264. The van der Waals surface area contributed by atoms with Gasteiger partial charge in [0.1, 0.15) is 0 Å². The average molecular weight is 428 g/mol. The molecule has 3 N–H and O–H groups in total. The topological polar surface area (TPSA) is 52.2 Å². The lowest BCUT2D eigenvalue weighted by atomic mass is 10.1. The maximum absolute atomic E-state index is 4.62. The summed E-state index contributed by atoms with van der Waals surface area (Å²) in [6.07, 6.45) is 4.22. The molecule has 0 unspecified atom stereocenters. The third-order valence-corrected chi connectivity index (χ3v) is 3.68. The van der Waals surface area contributed by atoms with Gasteiger partial charge in [-0.25, -0.2) is 0 Å². The van der Waals surface area contributed by atoms with Crippen LogP contribution in [0.25, 0.3) is 10.9 Å². The Morgan fingerprint density at radius 2 is 2.00 bits per heavy atom. The third kappa shape index (κ3) is 6.41. The standard InChI is InChI=1S/C18H28N4.HI/c1-4-19-18(20-11-9-14(2)3)21-12-10-15-13-22-17-8-6-5-7-16(15)17;/h5-8,13-14,22H,4,9-12H2,1-3H3,(H2,19,20,21);1H. The van der Waals surface area contributed by atoms with E-state index in [1.54, 1.807) is 0 Å². The molecule has 0 fully saturated rings. The Hall–Kier alpha value is -1.24. The van der Waals surface area contributed by atoms with Gasteiger partial charge >= 0.3 is 0 Å². The summed E-state index contributed by atoms with van der Waals surface area (Å²) < 4.78 is 0. The third-order valence-electron chi connectivity index (χ3n) is 3.68. The first kappa shape index (κ1) is 19.8. The molecule has 128 valence electrons. The molecule has 23 heavy (non-hydrogen) atoms. The van der Waals surface area contributed by atoms with Crippen molar-refractivity contribution in [3.05, 3.63) is 36.0 Å². The zero-order chi connectivity index (χ0) is 15.8. The van der Waals surface area contributed by atoms with Gasteiger partial charge in [0, 0.05) is 36.7 Å². The molecule has 1 aromatic carbocycles. The van der Waals surface area contributed by atoms with Crippen LogP contribution in [0.1, 0.15) is 32.8 Å². The lowest BCUT2D eigenvalue weighted by Gasteiger charge is -2.11. The van der Waals surface area contributed by atoms with E-state index in [0.29, 0.717) is 5.92 Å². The number of H-pyrrole nitrogens is 1. The fraction of sp³-hybridized carbons (Fsp3) is 0.500. The second-order valence-electron chi connectivity index (χ2n) is 5.98. The summed E-state index contributed by atoms with van der Waals surface area (Å²) in [5.74, 6) is 1.61. The van der Waals surface area contributed by atoms with Crippen LogP contribution in [0.5, 0.6) is 0 Å². The van der Waals surface area contributed by atoms with Crippen LogP contribution in [0, 0.1) is 5.92 Å². The molecule has 0 amide bonds. The molecule has 0 aliphatic carbocycles. The van der Waals surface area contributed by atoms with Crippen LogP contribution < -0.4 is 10.6 Å². The summed E-state index contributed by atoms with van der Waals surface area (Å²) >= 11 is 0. The molecule has 4 nitrogen and oxygen atoms in total. The molecule has 5 heteroatoms. The number of aliphatic imine (C=N–C) groups is 1. The first-order valence-corrected chi connectivity index (χ1v) is 8.28. The molecule has 0 aliphatic rings. The number of halogens is 1. The predicted molar refractivity (Wildman–Crippen MR) is 111 cm³/mol. The number of nitrogens with zero attached hydrogens (tertiary/aromatic N) is 1. The van der Waals surface area contributed by atoms with Crippen molar-refractivity contribution in [3.63, 3.8) is 0 Å². The summed E-state index contributed by atoms with van der Waals surface area (Å²) in [5.41, 5.74) is 2.55. The van der Waals surface area contributed by atoms with Crippen LogP contribution in [0.15, 0.2) is 35.5 Å². The molecular weight excluding hydrogens is 399 g/mol. The molecule has 2 aromatic rings. The number of benzene rings is 1. The van der Waals surface area contributed by atoms with Gasteiger partial charge in [0.2, 0.25) is 0 Å². The van der Waals surface area contributed by atoms with Crippen molar-refractivity contribution in [1.29, 1.82) is 0 Å². The highest BCUT2D eigenvalue weighted by molar-refractivity contribution is 14.0. The molecular formula is C18H29IN4. The lowest BCUT2D eigenvalue weighted by molar-refractivity contribution is 0.594. The molecule has 0 bridgehead atoms. The smallest absolute Gasteiger partial charge is 0.191 e. The molecule has 2 rings (SSSR count). The molecule has 0 radical (unpaired) electrons. The molecule has 1 heterocycles. The average Bonchev–Trinajstić information content (AvgIpc) is 2.90. The van der Waals surface area contributed by atoms with Crippen molar-refractivity contribution in [2.75, 3.05) is 19.6 Å². The van der Waals surface area contributed by atoms with Crippen LogP contribution in [-0.2, 0) is 6.42 Å². The number of nitrogens with one attached hydrogen (secondary N) is 3. The van der Waals surface area contributed by atoms with Gasteiger partial charge in [0.05, 0.1) is 0 Å². The number of hydrogen-bond acceptors (Lipinski definition) is 1. The number of guanidine groups is 1. The summed E-state index contributed by atoms with van der Waals surface area (Å²) in [7, 11) is 0. The number of aromatic amines is 1. The first-order chi connectivity index (χ1) is 10.7. The second kappa shape index (κ2) is 10.5. The van der Waals surface area contributed by atoms with E-state index in [2.05, 4.69) is 71.8 Å². The Morgan fingerprint density at radius 1 is 1.22 bits per heavy atom. The van der Waals surface area contributed by atoms with Crippen LogP contribution in [-0.4, -0.2) is 30.6 Å². The predicted octanol–water partition coefficient (Wildman–Crippen LogP) is 3.93. The van der Waals surface area contributed by atoms with Crippen molar-refractivity contribution in [2.45, 2.75) is 33.6 Å². The fourth-order valence-corrected chi connectivity index (χ4v) is 2.43. The highest BCUT2D eigenvalue weighted by atomic mass is 127. The summed E-state index contributed by atoms with van der Waals surface area (Å²) in [4.78, 5) is 7.95. The minimum Gasteiger partial charge on any atom is -0.361 e. The molecule has 0 saturated heterocycles. The van der Waals surface area contributed by atoms with E-state index >= 15 is 0 Å². The van der Waals surface area contributed by atoms with Gasteiger partial charge in [-0.2, -0.15) is 0 Å². The Labute approximate surface area is 156 Å². The Kier molecular flexibility index (Phi) is 9.06. The van der Waals surface area contributed by atoms with E-state index < -0.39 is 0 Å². The van der Waals surface area contributed by atoms with Crippen LogP contribution in [0.3, 0.4) is 0 Å². The van der Waals surface area contributed by atoms with E-state index in [4.69, 9.17) is 0 Å². The van der Waals surface area contributed by atoms with Crippen LogP contribution in [0.4, 0.5) is 0 Å². The number of aromatic nitrogens is 1. The van der Waals surface area contributed by atoms with Gasteiger partial charge in [-0.1, -0.05) is 32.0 Å². The SMILES string of the molecule is CCNC(=NCCC(C)C)NCCc1c[nH]c2ccccc12.I. The fourth-order valence-electron chi connectivity index (χ4n) is 2.43. The van der Waals surface area contributed by atoms with Crippen molar-refractivity contribution < 1.29 is 0 Å². The zero-order valence-electron chi connectivity index (χ0n) is 14.4. The minimum atomic E-state index is 0. The van der Waals surface area contributed by atoms with Gasteiger partial charge in [-0.3, -0.25) is 4.99 Å². The molecule has 0 aliphatic heterocycles. The maximum Gasteiger partial charge on any atom is 0.191 e. The van der Waals surface area contributed by atoms with E-state index in [1.165, 1.54) is 16.5 Å². The van der Waals surface area contributed by atoms with Crippen molar-refractivity contribution in [2.24, 2.45) is 10.9 Å². The quantitative estimate of drug-likeness (QED) is 0.356. The molecule has 0 spiro atoms. The number of para-hydroxylation sites is 1. The highest BCUT2D eigenvalue weighted by Gasteiger charge is 2.03. The normalized spacial score (nSPS) is 11.6. The summed E-state index contributed by atoms with van der Waals surface area (Å²) in [6, 6.07) is 8.43. The Morgan fingerprint density at radius 3 is 2.74 bits per heavy atom. The first-order valence-electron chi connectivity index (χ1n) is 8.28. The van der Waals surface area contributed by atoms with Crippen molar-refractivity contribution >= 4 is 40.8 Å². The van der Waals surface area contributed by atoms with Crippen molar-refractivity contribution in [1.82, 2.24) is 15.6 Å². The minimum absolute atomic E-state index is 0. The molecule has 1 aromatic heterocycles. The molecule has 0 atom stereocenters. The zero-order valence-corrected chi connectivity index (χ0v) is 16.7. The van der Waals surface area contributed by atoms with E-state index in [-0.39, 0.29) is 24.0 Å². The van der Waals surface area contributed by atoms with E-state index in [1.807, 2.05) is 0 Å². The number of fused-ring (bicyclic) bond motifs is 1. The summed E-state index contributed by atoms with van der Waals surface area (Å²) in [6.45, 7) is 9.20. The van der Waals surface area contributed by atoms with Gasteiger partial charge in [0.25, 0.3) is 0 Å². The molecule has 0 saturated carbocycles. The maximum atomic E-state index is 4.62. The van der Waals surface area contributed by atoms with E-state index in [9.17, 15) is 0 Å². The van der Waals surface area contributed by atoms with Crippen molar-refractivity contribution in [3.8, 4) is 0 Å². The summed E-state index contributed by atoms with van der Waals surface area (Å²) in [5, 5.41) is 8.04. The number of rotatable bonds is 7. The van der Waals surface area contributed by atoms with Gasteiger partial charge in [0.15, 0.2) is 5.96 Å². The van der Waals surface area contributed by atoms with Gasteiger partial charge < -0.3 is 15.6 Å². The second-order valence-corrected chi connectivity index (χ2v) is 5.98. The Bertz CT molecular complexity index is 604. The van der Waals surface area contributed by atoms with Gasteiger partial charge in [-0.05, 0) is 37.3 Å². The van der Waals surface area contributed by atoms with Crippen LogP contribution in [0.2, 0.25) is 0 Å². The van der Waals surface area contributed by atoms with Gasteiger partial charge in [-0.15, -0.1) is 24.0 Å². The largest absolute Gasteiger partial charge is 0.361 e. The van der Waals surface area contributed by atoms with E-state index in [0.717, 1.165) is 38.4 Å². The number of hydrogen-bond donors (Lipinski definition) is 3. The van der Waals surface area contributed by atoms with Crippen LogP contribution >= 0.6 is 24.0 Å². The monoisotopic (exact) mass is 428 g/mol.